The Labute approximate surface area is 170 Å². The van der Waals surface area contributed by atoms with Crippen LogP contribution in [0.15, 0.2) is 70.5 Å². The molecule has 0 amide bonds. The summed E-state index contributed by atoms with van der Waals surface area (Å²) in [6.07, 6.45) is 0. The average Bonchev–Trinajstić information content (AvgIpc) is 2.65. The number of phenols is 1. The Hall–Kier alpha value is -2.41. The second-order valence-electron chi connectivity index (χ2n) is 5.62. The van der Waals surface area contributed by atoms with E-state index in [-0.39, 0.29) is 16.5 Å². The van der Waals surface area contributed by atoms with Gasteiger partial charge in [-0.3, -0.25) is 10.1 Å². The van der Waals surface area contributed by atoms with Crippen LogP contribution in [0.5, 0.6) is 5.75 Å². The summed E-state index contributed by atoms with van der Waals surface area (Å²) in [4.78, 5) is 12.6. The fourth-order valence-electron chi connectivity index (χ4n) is 2.36. The molecule has 0 saturated heterocycles. The van der Waals surface area contributed by atoms with E-state index in [1.165, 1.54) is 23.9 Å². The van der Waals surface area contributed by atoms with Crippen LogP contribution in [0.2, 0.25) is 10.0 Å². The van der Waals surface area contributed by atoms with E-state index in [4.69, 9.17) is 23.2 Å². The molecule has 0 bridgehead atoms. The number of hydrogen-bond donors (Lipinski definition) is 2. The molecular weight excluding hydrogens is 407 g/mol. The molecule has 3 aromatic rings. The Bertz CT molecular complexity index is 981. The largest absolute Gasteiger partial charge is 0.506 e. The number of hydrogen-bond acceptors (Lipinski definition) is 5. The smallest absolute Gasteiger partial charge is 0.269 e. The maximum Gasteiger partial charge on any atom is 0.269 e. The van der Waals surface area contributed by atoms with Crippen molar-refractivity contribution < 1.29 is 10.0 Å². The van der Waals surface area contributed by atoms with Gasteiger partial charge in [0.25, 0.3) is 5.69 Å². The van der Waals surface area contributed by atoms with Gasteiger partial charge in [0.05, 0.1) is 9.95 Å². The zero-order chi connectivity index (χ0) is 19.4. The number of halogens is 2. The maximum absolute atomic E-state index is 11.1. The summed E-state index contributed by atoms with van der Waals surface area (Å²) in [6.45, 7) is 0.360. The lowest BCUT2D eigenvalue weighted by Gasteiger charge is -2.12. The molecule has 0 aliphatic carbocycles. The summed E-state index contributed by atoms with van der Waals surface area (Å²) in [5, 5.41) is 24.7. The van der Waals surface area contributed by atoms with Crippen LogP contribution in [0.3, 0.4) is 0 Å². The predicted molar refractivity (Wildman–Crippen MR) is 109 cm³/mol. The normalized spacial score (nSPS) is 10.6. The van der Waals surface area contributed by atoms with Crippen molar-refractivity contribution in [2.24, 2.45) is 0 Å². The minimum Gasteiger partial charge on any atom is -0.506 e. The monoisotopic (exact) mass is 420 g/mol. The van der Waals surface area contributed by atoms with Gasteiger partial charge in [-0.2, -0.15) is 0 Å². The highest BCUT2D eigenvalue weighted by molar-refractivity contribution is 7.99. The Morgan fingerprint density at radius 2 is 1.78 bits per heavy atom. The van der Waals surface area contributed by atoms with Crippen LogP contribution in [0.1, 0.15) is 5.56 Å². The first kappa shape index (κ1) is 19.4. The molecule has 0 spiro atoms. The van der Waals surface area contributed by atoms with E-state index < -0.39 is 4.92 Å². The molecule has 0 aromatic heterocycles. The first-order valence-electron chi connectivity index (χ1n) is 7.85. The summed E-state index contributed by atoms with van der Waals surface area (Å²) < 4.78 is 0. The number of benzene rings is 3. The molecule has 0 radical (unpaired) electrons. The van der Waals surface area contributed by atoms with Crippen LogP contribution >= 0.6 is 35.0 Å². The van der Waals surface area contributed by atoms with Crippen molar-refractivity contribution in [2.75, 3.05) is 5.32 Å². The zero-order valence-corrected chi connectivity index (χ0v) is 16.2. The Morgan fingerprint density at radius 1 is 1.04 bits per heavy atom. The number of nitrogens with one attached hydrogen (secondary N) is 1. The molecule has 0 aliphatic rings. The molecule has 0 unspecified atom stereocenters. The molecule has 0 fully saturated rings. The Balaban J connectivity index is 1.85. The van der Waals surface area contributed by atoms with Gasteiger partial charge in [0.1, 0.15) is 5.75 Å². The second kappa shape index (κ2) is 8.52. The molecule has 0 heterocycles. The van der Waals surface area contributed by atoms with Gasteiger partial charge in [0.2, 0.25) is 0 Å². The van der Waals surface area contributed by atoms with E-state index in [1.54, 1.807) is 36.4 Å². The van der Waals surface area contributed by atoms with Crippen LogP contribution in [0.4, 0.5) is 11.4 Å². The highest BCUT2D eigenvalue weighted by Gasteiger charge is 2.12. The molecule has 5 nitrogen and oxygen atoms in total. The molecule has 0 aliphatic heterocycles. The second-order valence-corrected chi connectivity index (χ2v) is 7.58. The minimum absolute atomic E-state index is 0.00320. The van der Waals surface area contributed by atoms with Gasteiger partial charge in [-0.25, -0.2) is 0 Å². The topological polar surface area (TPSA) is 75.4 Å². The van der Waals surface area contributed by atoms with Gasteiger partial charge in [-0.05, 0) is 54.1 Å². The van der Waals surface area contributed by atoms with Crippen molar-refractivity contribution in [1.82, 2.24) is 0 Å². The van der Waals surface area contributed by atoms with Crippen LogP contribution < -0.4 is 5.32 Å². The lowest BCUT2D eigenvalue weighted by molar-refractivity contribution is -0.385. The number of nitrogens with zero attached hydrogens (tertiary/aromatic N) is 1. The molecule has 0 saturated carbocycles. The van der Waals surface area contributed by atoms with E-state index in [0.717, 1.165) is 15.4 Å². The number of phenolic OH excluding ortho intramolecular Hbond substituents is 1. The predicted octanol–water partition coefficient (Wildman–Crippen LogP) is 6.37. The molecule has 8 heteroatoms. The fourth-order valence-corrected chi connectivity index (χ4v) is 3.59. The van der Waals surface area contributed by atoms with Gasteiger partial charge in [0.15, 0.2) is 0 Å². The van der Waals surface area contributed by atoms with Crippen LogP contribution in [-0.2, 0) is 6.54 Å². The van der Waals surface area contributed by atoms with Crippen molar-refractivity contribution in [2.45, 2.75) is 16.3 Å². The lowest BCUT2D eigenvalue weighted by atomic mass is 10.2. The minimum atomic E-state index is -0.419. The highest BCUT2D eigenvalue weighted by Crippen LogP contribution is 2.34. The Kier molecular flexibility index (Phi) is 6.11. The summed E-state index contributed by atoms with van der Waals surface area (Å²) >= 11 is 13.3. The lowest BCUT2D eigenvalue weighted by Crippen LogP contribution is -2.02. The average molecular weight is 421 g/mol. The highest BCUT2D eigenvalue weighted by atomic mass is 35.5. The van der Waals surface area contributed by atoms with Crippen molar-refractivity contribution >= 4 is 46.3 Å². The van der Waals surface area contributed by atoms with Gasteiger partial charge in [-0.15, -0.1) is 0 Å². The van der Waals surface area contributed by atoms with Crippen molar-refractivity contribution in [3.8, 4) is 5.75 Å². The van der Waals surface area contributed by atoms with Crippen LogP contribution in [0, 0.1) is 10.1 Å². The summed E-state index contributed by atoms with van der Waals surface area (Å²) in [5.41, 5.74) is 1.50. The molecule has 2 N–H and O–H groups in total. The third-order valence-corrected chi connectivity index (χ3v) is 5.41. The van der Waals surface area contributed by atoms with Crippen molar-refractivity contribution in [3.63, 3.8) is 0 Å². The fraction of sp³-hybridized carbons (Fsp3) is 0.0526. The number of aromatic hydroxyl groups is 1. The standard InChI is InChI=1S/C19H14Cl2N2O3S/c20-13-1-5-16(6-2-13)27-19-8-4-15(23(25)26)9-12(19)11-22-14-3-7-18(24)17(21)10-14/h1-10,22,24H,11H2. The van der Waals surface area contributed by atoms with Gasteiger partial charge < -0.3 is 10.4 Å². The van der Waals surface area contributed by atoms with Crippen LogP contribution in [0.25, 0.3) is 0 Å². The summed E-state index contributed by atoms with van der Waals surface area (Å²) in [5.74, 6) is -0.00320. The number of nitro benzene ring substituents is 1. The van der Waals surface area contributed by atoms with E-state index in [9.17, 15) is 15.2 Å². The van der Waals surface area contributed by atoms with Gasteiger partial charge >= 0.3 is 0 Å². The number of rotatable bonds is 6. The third-order valence-electron chi connectivity index (χ3n) is 3.73. The summed E-state index contributed by atoms with van der Waals surface area (Å²) in [7, 11) is 0. The van der Waals surface area contributed by atoms with Crippen molar-refractivity contribution in [3.05, 3.63) is 86.4 Å². The Morgan fingerprint density at radius 3 is 2.44 bits per heavy atom. The summed E-state index contributed by atoms with van der Waals surface area (Å²) in [6, 6.07) is 16.9. The number of anilines is 1. The van der Waals surface area contributed by atoms with Gasteiger partial charge in [-0.1, -0.05) is 35.0 Å². The SMILES string of the molecule is O=[N+]([O-])c1ccc(Sc2ccc(Cl)cc2)c(CNc2ccc(O)c(Cl)c2)c1. The molecule has 27 heavy (non-hydrogen) atoms. The van der Waals surface area contributed by atoms with E-state index in [0.29, 0.717) is 17.3 Å². The first-order chi connectivity index (χ1) is 12.9. The number of nitro groups is 1. The quantitative estimate of drug-likeness (QED) is 0.275. The molecule has 3 rings (SSSR count). The molecule has 0 atom stereocenters. The first-order valence-corrected chi connectivity index (χ1v) is 9.43. The van der Waals surface area contributed by atoms with E-state index in [2.05, 4.69) is 5.32 Å². The van der Waals surface area contributed by atoms with Crippen molar-refractivity contribution in [1.29, 1.82) is 0 Å². The third kappa shape index (κ3) is 5.07. The van der Waals surface area contributed by atoms with E-state index >= 15 is 0 Å². The molecule has 3 aromatic carbocycles. The molecule has 138 valence electrons. The maximum atomic E-state index is 11.1. The van der Waals surface area contributed by atoms with Crippen LogP contribution in [-0.4, -0.2) is 10.0 Å². The zero-order valence-electron chi connectivity index (χ0n) is 13.9. The number of non-ortho nitro benzene ring substituents is 1. The molecular formula is C19H14Cl2N2O3S. The van der Waals surface area contributed by atoms with E-state index in [1.807, 2.05) is 12.1 Å². The van der Waals surface area contributed by atoms with Gasteiger partial charge in [0, 0.05) is 39.2 Å².